The molecule has 0 saturated heterocycles. The summed E-state index contributed by atoms with van der Waals surface area (Å²) in [7, 11) is 1.52. The summed E-state index contributed by atoms with van der Waals surface area (Å²) in [4.78, 5) is 0. The third-order valence-electron chi connectivity index (χ3n) is 1.87. The highest BCUT2D eigenvalue weighted by molar-refractivity contribution is 9.10. The Kier molecular flexibility index (Phi) is 3.89. The molecule has 78 valence electrons. The number of halogens is 2. The van der Waals surface area contributed by atoms with Gasteiger partial charge in [0.15, 0.2) is 0 Å². The summed E-state index contributed by atoms with van der Waals surface area (Å²) in [5.41, 5.74) is 6.58. The zero-order chi connectivity index (χ0) is 10.7. The van der Waals surface area contributed by atoms with Crippen LogP contribution in [-0.4, -0.2) is 13.2 Å². The number of benzene rings is 1. The molecule has 0 bridgehead atoms. The van der Waals surface area contributed by atoms with Crippen molar-refractivity contribution >= 4 is 15.9 Å². The van der Waals surface area contributed by atoms with Crippen LogP contribution in [-0.2, 0) is 6.42 Å². The predicted octanol–water partition coefficient (Wildman–Crippen LogP) is 2.49. The van der Waals surface area contributed by atoms with Crippen LogP contribution >= 0.6 is 15.9 Å². The van der Waals surface area contributed by atoms with Crippen molar-refractivity contribution < 1.29 is 9.13 Å². The zero-order valence-corrected chi connectivity index (χ0v) is 9.77. The van der Waals surface area contributed by atoms with E-state index in [-0.39, 0.29) is 11.9 Å². The van der Waals surface area contributed by atoms with Gasteiger partial charge in [0.1, 0.15) is 11.6 Å². The van der Waals surface area contributed by atoms with Crippen molar-refractivity contribution in [2.24, 2.45) is 5.73 Å². The first kappa shape index (κ1) is 11.5. The van der Waals surface area contributed by atoms with Crippen LogP contribution < -0.4 is 10.5 Å². The lowest BCUT2D eigenvalue weighted by Crippen LogP contribution is -2.18. The molecular formula is C10H13BrFNO. The predicted molar refractivity (Wildman–Crippen MR) is 58.0 cm³/mol. The van der Waals surface area contributed by atoms with E-state index in [1.807, 2.05) is 6.92 Å². The lowest BCUT2D eigenvalue weighted by molar-refractivity contribution is 0.404. The van der Waals surface area contributed by atoms with Crippen LogP contribution in [0.4, 0.5) is 4.39 Å². The smallest absolute Gasteiger partial charge is 0.141 e. The van der Waals surface area contributed by atoms with E-state index in [9.17, 15) is 4.39 Å². The number of rotatable bonds is 3. The van der Waals surface area contributed by atoms with E-state index in [0.717, 1.165) is 5.56 Å². The van der Waals surface area contributed by atoms with Gasteiger partial charge < -0.3 is 10.5 Å². The Morgan fingerprint density at radius 3 is 2.71 bits per heavy atom. The molecular weight excluding hydrogens is 249 g/mol. The molecule has 0 aliphatic rings. The molecule has 0 saturated carbocycles. The molecule has 1 aromatic carbocycles. The lowest BCUT2D eigenvalue weighted by atomic mass is 10.1. The Labute approximate surface area is 91.4 Å². The maximum atomic E-state index is 13.1. The summed E-state index contributed by atoms with van der Waals surface area (Å²) in [5, 5.41) is 0. The van der Waals surface area contributed by atoms with Crippen molar-refractivity contribution in [3.63, 3.8) is 0 Å². The molecule has 0 amide bonds. The Balaban J connectivity index is 3.07. The average Bonchev–Trinajstić information content (AvgIpc) is 2.10. The summed E-state index contributed by atoms with van der Waals surface area (Å²) in [6, 6.07) is 3.10. The third kappa shape index (κ3) is 2.69. The molecule has 0 radical (unpaired) electrons. The second-order valence-electron chi connectivity index (χ2n) is 3.26. The summed E-state index contributed by atoms with van der Waals surface area (Å²) in [6.07, 6.45) is 0.669. The van der Waals surface area contributed by atoms with E-state index in [4.69, 9.17) is 10.5 Å². The zero-order valence-electron chi connectivity index (χ0n) is 8.18. The Morgan fingerprint density at radius 1 is 1.57 bits per heavy atom. The molecule has 1 unspecified atom stereocenters. The van der Waals surface area contributed by atoms with E-state index in [1.54, 1.807) is 6.07 Å². The molecule has 0 heterocycles. The molecule has 0 aromatic heterocycles. The van der Waals surface area contributed by atoms with Crippen molar-refractivity contribution in [3.8, 4) is 5.75 Å². The van der Waals surface area contributed by atoms with Crippen molar-refractivity contribution in [3.05, 3.63) is 28.0 Å². The van der Waals surface area contributed by atoms with Gasteiger partial charge in [-0.3, -0.25) is 0 Å². The van der Waals surface area contributed by atoms with Crippen LogP contribution in [0.1, 0.15) is 12.5 Å². The molecule has 1 rings (SSSR count). The third-order valence-corrected chi connectivity index (χ3v) is 2.47. The summed E-state index contributed by atoms with van der Waals surface area (Å²) in [6.45, 7) is 1.90. The quantitative estimate of drug-likeness (QED) is 0.908. The highest BCUT2D eigenvalue weighted by Gasteiger charge is 2.10. The van der Waals surface area contributed by atoms with Crippen molar-refractivity contribution in [1.29, 1.82) is 0 Å². The molecule has 0 aliphatic carbocycles. The second-order valence-corrected chi connectivity index (χ2v) is 4.11. The maximum absolute atomic E-state index is 13.1. The first-order chi connectivity index (χ1) is 6.54. The molecule has 14 heavy (non-hydrogen) atoms. The molecule has 0 spiro atoms. The molecule has 1 aromatic rings. The number of hydrogen-bond donors (Lipinski definition) is 1. The lowest BCUT2D eigenvalue weighted by Gasteiger charge is -2.11. The van der Waals surface area contributed by atoms with Gasteiger partial charge in [-0.1, -0.05) is 0 Å². The van der Waals surface area contributed by atoms with Gasteiger partial charge in [0.2, 0.25) is 0 Å². The topological polar surface area (TPSA) is 35.2 Å². The van der Waals surface area contributed by atoms with Crippen molar-refractivity contribution in [1.82, 2.24) is 0 Å². The molecule has 2 nitrogen and oxygen atoms in total. The second kappa shape index (κ2) is 4.75. The van der Waals surface area contributed by atoms with Crippen LogP contribution in [0.2, 0.25) is 0 Å². The van der Waals surface area contributed by atoms with E-state index >= 15 is 0 Å². The van der Waals surface area contributed by atoms with E-state index < -0.39 is 0 Å². The number of ether oxygens (including phenoxy) is 1. The van der Waals surface area contributed by atoms with Crippen LogP contribution in [0, 0.1) is 5.82 Å². The molecule has 4 heteroatoms. The fraction of sp³-hybridized carbons (Fsp3) is 0.400. The number of nitrogens with two attached hydrogens (primary N) is 1. The van der Waals surface area contributed by atoms with Crippen LogP contribution in [0.15, 0.2) is 16.6 Å². The van der Waals surface area contributed by atoms with Gasteiger partial charge in [-0.2, -0.15) is 0 Å². The summed E-state index contributed by atoms with van der Waals surface area (Å²) < 4.78 is 18.6. The minimum Gasteiger partial charge on any atom is -0.496 e. The van der Waals surface area contributed by atoms with Crippen molar-refractivity contribution in [2.45, 2.75) is 19.4 Å². The van der Waals surface area contributed by atoms with Crippen LogP contribution in [0.25, 0.3) is 0 Å². The largest absolute Gasteiger partial charge is 0.496 e. The van der Waals surface area contributed by atoms with Gasteiger partial charge in [0, 0.05) is 12.1 Å². The standard InChI is InChI=1S/C10H13BrFNO/c1-6(13)3-7-4-8(11)9(12)5-10(7)14-2/h4-6H,3,13H2,1-2H3. The summed E-state index contributed by atoms with van der Waals surface area (Å²) in [5.74, 6) is 0.221. The molecule has 0 fully saturated rings. The normalized spacial score (nSPS) is 12.6. The fourth-order valence-electron chi connectivity index (χ4n) is 1.27. The van der Waals surface area contributed by atoms with Gasteiger partial charge in [0.25, 0.3) is 0 Å². The van der Waals surface area contributed by atoms with Gasteiger partial charge in [-0.15, -0.1) is 0 Å². The fourth-order valence-corrected chi connectivity index (χ4v) is 1.66. The highest BCUT2D eigenvalue weighted by Crippen LogP contribution is 2.26. The monoisotopic (exact) mass is 261 g/mol. The molecule has 2 N–H and O–H groups in total. The highest BCUT2D eigenvalue weighted by atomic mass is 79.9. The number of methoxy groups -OCH3 is 1. The van der Waals surface area contributed by atoms with Gasteiger partial charge >= 0.3 is 0 Å². The Morgan fingerprint density at radius 2 is 2.21 bits per heavy atom. The van der Waals surface area contributed by atoms with Crippen molar-refractivity contribution in [2.75, 3.05) is 7.11 Å². The first-order valence-electron chi connectivity index (χ1n) is 4.32. The van der Waals surface area contributed by atoms with Gasteiger partial charge in [-0.05, 0) is 40.9 Å². The minimum atomic E-state index is -0.324. The molecule has 0 aliphatic heterocycles. The maximum Gasteiger partial charge on any atom is 0.141 e. The molecule has 1 atom stereocenters. The van der Waals surface area contributed by atoms with E-state index in [0.29, 0.717) is 16.6 Å². The summed E-state index contributed by atoms with van der Waals surface area (Å²) >= 11 is 3.13. The minimum absolute atomic E-state index is 0.0289. The number of hydrogen-bond acceptors (Lipinski definition) is 2. The van der Waals surface area contributed by atoms with Gasteiger partial charge in [-0.25, -0.2) is 4.39 Å². The van der Waals surface area contributed by atoms with Gasteiger partial charge in [0.05, 0.1) is 11.6 Å². The SMILES string of the molecule is COc1cc(F)c(Br)cc1CC(C)N. The first-order valence-corrected chi connectivity index (χ1v) is 5.11. The van der Waals surface area contributed by atoms with E-state index in [2.05, 4.69) is 15.9 Å². The Bertz CT molecular complexity index is 328. The van der Waals surface area contributed by atoms with Crippen LogP contribution in [0.3, 0.4) is 0 Å². The van der Waals surface area contributed by atoms with Crippen LogP contribution in [0.5, 0.6) is 5.75 Å². The average molecular weight is 262 g/mol. The van der Waals surface area contributed by atoms with E-state index in [1.165, 1.54) is 13.2 Å². The Hall–Kier alpha value is -0.610.